The van der Waals surface area contributed by atoms with Gasteiger partial charge in [-0.2, -0.15) is 0 Å². The zero-order chi connectivity index (χ0) is 18.6. The van der Waals surface area contributed by atoms with Gasteiger partial charge in [-0.1, -0.05) is 31.4 Å². The quantitative estimate of drug-likeness (QED) is 0.444. The molecule has 144 valence electrons. The highest BCUT2D eigenvalue weighted by atomic mass is 31.2. The summed E-state index contributed by atoms with van der Waals surface area (Å²) in [6, 6.07) is 6.35. The SMILES string of the molecule is O=[N+]([O-])c1ccc([C@@H]2CO[C@@H](CP(=O)(O)CC3CCCCC3)CN2)cc1. The molecule has 7 nitrogen and oxygen atoms in total. The molecule has 0 spiro atoms. The van der Waals surface area contributed by atoms with Crippen molar-refractivity contribution in [1.82, 2.24) is 5.32 Å². The minimum absolute atomic E-state index is 0.0523. The van der Waals surface area contributed by atoms with Gasteiger partial charge in [0.05, 0.1) is 29.8 Å². The Morgan fingerprint density at radius 2 is 1.88 bits per heavy atom. The monoisotopic (exact) mass is 382 g/mol. The van der Waals surface area contributed by atoms with Crippen LogP contribution in [0.1, 0.15) is 43.7 Å². The van der Waals surface area contributed by atoms with Crippen molar-refractivity contribution in [2.24, 2.45) is 5.92 Å². The van der Waals surface area contributed by atoms with Crippen LogP contribution in [0, 0.1) is 16.0 Å². The first-order chi connectivity index (χ1) is 12.4. The van der Waals surface area contributed by atoms with Crippen LogP contribution < -0.4 is 5.32 Å². The van der Waals surface area contributed by atoms with E-state index in [1.54, 1.807) is 12.1 Å². The molecule has 8 heteroatoms. The van der Waals surface area contributed by atoms with E-state index in [9.17, 15) is 19.6 Å². The molecule has 1 aliphatic heterocycles. The third kappa shape index (κ3) is 5.36. The molecule has 3 atom stereocenters. The van der Waals surface area contributed by atoms with Crippen LogP contribution in [-0.2, 0) is 9.30 Å². The van der Waals surface area contributed by atoms with Crippen molar-refractivity contribution in [2.75, 3.05) is 25.5 Å². The second kappa shape index (κ2) is 8.61. The van der Waals surface area contributed by atoms with Crippen molar-refractivity contribution < 1.29 is 19.1 Å². The number of hydrogen-bond acceptors (Lipinski definition) is 5. The lowest BCUT2D eigenvalue weighted by Crippen LogP contribution is -2.43. The Kier molecular flexibility index (Phi) is 6.46. The van der Waals surface area contributed by atoms with Crippen molar-refractivity contribution in [2.45, 2.75) is 44.2 Å². The molecule has 26 heavy (non-hydrogen) atoms. The lowest BCUT2D eigenvalue weighted by Gasteiger charge is -2.32. The number of rotatable bonds is 6. The van der Waals surface area contributed by atoms with Gasteiger partial charge < -0.3 is 14.9 Å². The second-order valence-electron chi connectivity index (χ2n) is 7.48. The molecular formula is C18H27N2O5P. The third-order valence-corrected chi connectivity index (χ3v) is 7.42. The molecule has 1 aliphatic carbocycles. The Morgan fingerprint density at radius 1 is 1.19 bits per heavy atom. The number of nitro benzene ring substituents is 1. The average molecular weight is 382 g/mol. The zero-order valence-corrected chi connectivity index (χ0v) is 15.8. The van der Waals surface area contributed by atoms with Gasteiger partial charge >= 0.3 is 0 Å². The highest BCUT2D eigenvalue weighted by molar-refractivity contribution is 7.58. The van der Waals surface area contributed by atoms with Crippen LogP contribution >= 0.6 is 7.37 Å². The lowest BCUT2D eigenvalue weighted by atomic mass is 9.91. The van der Waals surface area contributed by atoms with Crippen LogP contribution in [-0.4, -0.2) is 41.4 Å². The van der Waals surface area contributed by atoms with E-state index in [2.05, 4.69) is 5.32 Å². The van der Waals surface area contributed by atoms with E-state index < -0.39 is 12.3 Å². The van der Waals surface area contributed by atoms with Gasteiger partial charge in [0.15, 0.2) is 0 Å². The number of ether oxygens (including phenoxy) is 1. The van der Waals surface area contributed by atoms with Gasteiger partial charge in [0.25, 0.3) is 5.69 Å². The Balaban J connectivity index is 1.48. The van der Waals surface area contributed by atoms with E-state index >= 15 is 0 Å². The van der Waals surface area contributed by atoms with E-state index in [0.717, 1.165) is 18.4 Å². The topological polar surface area (TPSA) is 102 Å². The Bertz CT molecular complexity index is 652. The summed E-state index contributed by atoms with van der Waals surface area (Å²) in [5, 5.41) is 14.1. The Hall–Kier alpha value is -1.27. The van der Waals surface area contributed by atoms with Crippen LogP contribution in [0.5, 0.6) is 0 Å². The van der Waals surface area contributed by atoms with Gasteiger partial charge in [-0.25, -0.2) is 0 Å². The van der Waals surface area contributed by atoms with Gasteiger partial charge in [0, 0.05) is 24.8 Å². The first-order valence-corrected chi connectivity index (χ1v) is 11.4. The number of non-ortho nitro benzene ring substituents is 1. The second-order valence-corrected chi connectivity index (χ2v) is 9.90. The van der Waals surface area contributed by atoms with E-state index in [-0.39, 0.29) is 24.0 Å². The molecule has 1 saturated carbocycles. The third-order valence-electron chi connectivity index (χ3n) is 5.35. The van der Waals surface area contributed by atoms with Gasteiger partial charge in [0.1, 0.15) is 0 Å². The average Bonchev–Trinajstić information content (AvgIpc) is 2.62. The van der Waals surface area contributed by atoms with Crippen molar-refractivity contribution in [1.29, 1.82) is 0 Å². The molecule has 0 aromatic heterocycles. The van der Waals surface area contributed by atoms with Crippen molar-refractivity contribution in [3.63, 3.8) is 0 Å². The van der Waals surface area contributed by atoms with Gasteiger partial charge in [-0.15, -0.1) is 0 Å². The van der Waals surface area contributed by atoms with Crippen LogP contribution in [0.25, 0.3) is 0 Å². The largest absolute Gasteiger partial charge is 0.374 e. The van der Waals surface area contributed by atoms with Crippen LogP contribution in [0.15, 0.2) is 24.3 Å². The molecule has 1 heterocycles. The molecule has 0 amide bonds. The van der Waals surface area contributed by atoms with Gasteiger partial charge in [0.2, 0.25) is 7.37 Å². The summed E-state index contributed by atoms with van der Waals surface area (Å²) in [5.74, 6) is 0.379. The minimum Gasteiger partial charge on any atom is -0.374 e. The molecule has 2 fully saturated rings. The molecule has 0 radical (unpaired) electrons. The number of nitro groups is 1. The first-order valence-electron chi connectivity index (χ1n) is 9.33. The predicted octanol–water partition coefficient (Wildman–Crippen LogP) is 3.48. The smallest absolute Gasteiger partial charge is 0.269 e. The molecular weight excluding hydrogens is 355 g/mol. The number of morpholine rings is 1. The first kappa shape index (κ1) is 19.5. The number of benzene rings is 1. The molecule has 1 saturated heterocycles. The highest BCUT2D eigenvalue weighted by Gasteiger charge is 2.31. The predicted molar refractivity (Wildman–Crippen MR) is 99.7 cm³/mol. The Labute approximate surface area is 153 Å². The molecule has 1 aromatic rings. The zero-order valence-electron chi connectivity index (χ0n) is 14.9. The lowest BCUT2D eigenvalue weighted by molar-refractivity contribution is -0.384. The fraction of sp³-hybridized carbons (Fsp3) is 0.667. The van der Waals surface area contributed by atoms with E-state index in [1.807, 2.05) is 0 Å². The van der Waals surface area contributed by atoms with E-state index in [4.69, 9.17) is 4.74 Å². The maximum atomic E-state index is 12.6. The fourth-order valence-corrected chi connectivity index (χ4v) is 6.14. The van der Waals surface area contributed by atoms with Crippen molar-refractivity contribution >= 4 is 13.1 Å². The standard InChI is InChI=1S/C18H27N2O5P/c21-20(22)16-8-6-15(7-9-16)18-11-25-17(10-19-18)13-26(23,24)12-14-4-2-1-3-5-14/h6-9,14,17-19H,1-5,10-13H2,(H,23,24)/t17-,18+/m1/s1. The highest BCUT2D eigenvalue weighted by Crippen LogP contribution is 2.46. The normalized spacial score (nSPS) is 27.0. The summed E-state index contributed by atoms with van der Waals surface area (Å²) >= 11 is 0. The minimum atomic E-state index is -3.18. The maximum Gasteiger partial charge on any atom is 0.269 e. The van der Waals surface area contributed by atoms with E-state index in [0.29, 0.717) is 25.2 Å². The molecule has 1 unspecified atom stereocenters. The van der Waals surface area contributed by atoms with Gasteiger partial charge in [-0.3, -0.25) is 14.7 Å². The molecule has 1 aromatic carbocycles. The summed E-state index contributed by atoms with van der Waals surface area (Å²) < 4.78 is 18.4. The van der Waals surface area contributed by atoms with Crippen LogP contribution in [0.4, 0.5) is 5.69 Å². The molecule has 3 rings (SSSR count). The van der Waals surface area contributed by atoms with Gasteiger partial charge in [-0.05, 0) is 24.3 Å². The summed E-state index contributed by atoms with van der Waals surface area (Å²) in [6.07, 6.45) is 6.07. The van der Waals surface area contributed by atoms with Crippen LogP contribution in [0.3, 0.4) is 0 Å². The Morgan fingerprint density at radius 3 is 2.46 bits per heavy atom. The summed E-state index contributed by atoms with van der Waals surface area (Å²) in [7, 11) is -3.18. The fourth-order valence-electron chi connectivity index (χ4n) is 3.95. The summed E-state index contributed by atoms with van der Waals surface area (Å²) in [6.45, 7) is 0.906. The van der Waals surface area contributed by atoms with E-state index in [1.165, 1.54) is 31.4 Å². The summed E-state index contributed by atoms with van der Waals surface area (Å²) in [5.41, 5.74) is 0.982. The molecule has 2 N–H and O–H groups in total. The number of nitrogens with one attached hydrogen (secondary N) is 1. The molecule has 0 bridgehead atoms. The molecule has 2 aliphatic rings. The summed E-state index contributed by atoms with van der Waals surface area (Å²) in [4.78, 5) is 20.7. The van der Waals surface area contributed by atoms with Crippen molar-refractivity contribution in [3.05, 3.63) is 39.9 Å². The van der Waals surface area contributed by atoms with Crippen LogP contribution in [0.2, 0.25) is 0 Å². The maximum absolute atomic E-state index is 12.6. The number of nitrogens with zero attached hydrogens (tertiary/aromatic N) is 1. The number of hydrogen-bond donors (Lipinski definition) is 2. The van der Waals surface area contributed by atoms with Crippen molar-refractivity contribution in [3.8, 4) is 0 Å².